The van der Waals surface area contributed by atoms with Gasteiger partial charge in [-0.2, -0.15) is 0 Å². The molecule has 1 unspecified atom stereocenters. The van der Waals surface area contributed by atoms with Crippen LogP contribution < -0.4 is 9.47 Å². The predicted octanol–water partition coefficient (Wildman–Crippen LogP) is 6.01. The smallest absolute Gasteiger partial charge is 0.304 e. The number of rotatable bonds is 8. The number of carbonyl (C=O) groups excluding carboxylic acids is 1. The van der Waals surface area contributed by atoms with E-state index in [4.69, 9.17) is 9.47 Å². The summed E-state index contributed by atoms with van der Waals surface area (Å²) < 4.78 is 52.4. The molecule has 7 nitrogen and oxygen atoms in total. The van der Waals surface area contributed by atoms with E-state index >= 15 is 0 Å². The van der Waals surface area contributed by atoms with Crippen molar-refractivity contribution in [2.24, 2.45) is 0 Å². The van der Waals surface area contributed by atoms with Gasteiger partial charge in [-0.1, -0.05) is 18.2 Å². The fourth-order valence-corrected chi connectivity index (χ4v) is 4.43. The minimum atomic E-state index is -1.65. The van der Waals surface area contributed by atoms with E-state index in [1.807, 2.05) is 6.07 Å². The first-order valence-electron chi connectivity index (χ1n) is 12.0. The van der Waals surface area contributed by atoms with E-state index < -0.39 is 41.5 Å². The summed E-state index contributed by atoms with van der Waals surface area (Å²) in [4.78, 5) is 29.2. The number of ketones is 1. The molecular weight excluding hydrogens is 527 g/mol. The van der Waals surface area contributed by atoms with Gasteiger partial charge in [0.05, 0.1) is 17.7 Å². The molecule has 5 rings (SSSR count). The second kappa shape index (κ2) is 10.9. The lowest BCUT2D eigenvalue weighted by Gasteiger charge is -2.20. The van der Waals surface area contributed by atoms with Gasteiger partial charge in [0.2, 0.25) is 5.78 Å². The molecule has 3 aromatic carbocycles. The lowest BCUT2D eigenvalue weighted by molar-refractivity contribution is -0.137. The van der Waals surface area contributed by atoms with E-state index in [0.29, 0.717) is 29.1 Å². The van der Waals surface area contributed by atoms with Gasteiger partial charge in [-0.15, -0.1) is 0 Å². The molecule has 0 aliphatic carbocycles. The van der Waals surface area contributed by atoms with Gasteiger partial charge in [0.25, 0.3) is 0 Å². The number of hydrogen-bond acceptors (Lipinski definition) is 6. The molecule has 10 heteroatoms. The number of hydrogen-bond donors (Lipinski definition) is 2. The Kier molecular flexibility index (Phi) is 7.24. The standard InChI is InChI=1S/C30H20F3NO6/c31-22-10-16(11-23(32)28(22)33)12-25-29(38)20-7-8-24(35)27(30(20)40-25)21(14-26(36)37)17-4-3-6-19(13-17)39-15-18-5-1-2-9-34-18/h1-13,21,35H,14-15H2,(H,36,37)/b25-12-. The minimum absolute atomic E-state index is 0.0139. The van der Waals surface area contributed by atoms with Crippen LogP contribution in [0.2, 0.25) is 0 Å². The van der Waals surface area contributed by atoms with Crippen LogP contribution >= 0.6 is 0 Å². The summed E-state index contributed by atoms with van der Waals surface area (Å²) in [5, 5.41) is 20.5. The Morgan fingerprint density at radius 2 is 1.80 bits per heavy atom. The fourth-order valence-electron chi connectivity index (χ4n) is 4.43. The number of benzene rings is 3. The van der Waals surface area contributed by atoms with Gasteiger partial charge in [-0.05, 0) is 65.7 Å². The topological polar surface area (TPSA) is 106 Å². The number of ether oxygens (including phenoxy) is 2. The number of allylic oxidation sites excluding steroid dienone is 1. The molecule has 1 atom stereocenters. The first-order chi connectivity index (χ1) is 19.2. The van der Waals surface area contributed by atoms with Gasteiger partial charge in [0.15, 0.2) is 23.2 Å². The number of fused-ring (bicyclic) bond motifs is 1. The number of carboxylic acid groups (broad SMARTS) is 1. The SMILES string of the molecule is O=C(O)CC(c1cccc(OCc2ccccn2)c1)c1c(O)ccc2c1O/C(=C\c1cc(F)c(F)c(F)c1)C2=O. The Hall–Kier alpha value is -5.12. The van der Waals surface area contributed by atoms with Crippen LogP contribution in [0.1, 0.15) is 45.1 Å². The molecule has 2 N–H and O–H groups in total. The largest absolute Gasteiger partial charge is 0.508 e. The number of phenols is 1. The molecule has 1 aliphatic rings. The van der Waals surface area contributed by atoms with Crippen LogP contribution in [0.3, 0.4) is 0 Å². The second-order valence-corrected chi connectivity index (χ2v) is 8.95. The molecule has 0 spiro atoms. The number of aliphatic carboxylic acids is 1. The summed E-state index contributed by atoms with van der Waals surface area (Å²) in [6, 6.07) is 15.9. The number of phenolic OH excluding ortho intramolecular Hbond substituents is 1. The average Bonchev–Trinajstić information content (AvgIpc) is 3.24. The van der Waals surface area contributed by atoms with Crippen LogP contribution in [0.15, 0.2) is 78.7 Å². The lowest BCUT2D eigenvalue weighted by Crippen LogP contribution is -2.10. The van der Waals surface area contributed by atoms with Gasteiger partial charge in [-0.25, -0.2) is 13.2 Å². The van der Waals surface area contributed by atoms with Crippen molar-refractivity contribution in [1.29, 1.82) is 0 Å². The maximum atomic E-state index is 13.7. The maximum Gasteiger partial charge on any atom is 0.304 e. The first kappa shape index (κ1) is 26.5. The molecule has 0 bridgehead atoms. The Bertz CT molecular complexity index is 1630. The van der Waals surface area contributed by atoms with Gasteiger partial charge in [0, 0.05) is 17.7 Å². The van der Waals surface area contributed by atoms with Crippen molar-refractivity contribution < 1.29 is 42.4 Å². The second-order valence-electron chi connectivity index (χ2n) is 8.95. The molecule has 0 radical (unpaired) electrons. The summed E-state index contributed by atoms with van der Waals surface area (Å²) in [7, 11) is 0. The number of aromatic hydroxyl groups is 1. The molecule has 1 aliphatic heterocycles. The Labute approximate surface area is 225 Å². The third-order valence-electron chi connectivity index (χ3n) is 6.26. The van der Waals surface area contributed by atoms with Gasteiger partial charge >= 0.3 is 5.97 Å². The van der Waals surface area contributed by atoms with E-state index in [9.17, 15) is 33.0 Å². The summed E-state index contributed by atoms with van der Waals surface area (Å²) in [5.41, 5.74) is 1.02. The number of halogens is 3. The number of carboxylic acids is 1. The van der Waals surface area contributed by atoms with E-state index in [1.165, 1.54) is 12.1 Å². The van der Waals surface area contributed by atoms with Crippen LogP contribution in [0.4, 0.5) is 13.2 Å². The lowest BCUT2D eigenvalue weighted by atomic mass is 9.86. The number of aromatic nitrogens is 1. The highest BCUT2D eigenvalue weighted by Crippen LogP contribution is 2.46. The van der Waals surface area contributed by atoms with Crippen molar-refractivity contribution >= 4 is 17.8 Å². The molecule has 202 valence electrons. The molecule has 4 aromatic rings. The van der Waals surface area contributed by atoms with Crippen molar-refractivity contribution in [3.8, 4) is 17.2 Å². The molecule has 0 amide bonds. The molecule has 0 fully saturated rings. The van der Waals surface area contributed by atoms with Crippen LogP contribution in [0.25, 0.3) is 6.08 Å². The highest BCUT2D eigenvalue weighted by Gasteiger charge is 2.35. The number of pyridine rings is 1. The van der Waals surface area contributed by atoms with Gasteiger partial charge in [0.1, 0.15) is 23.9 Å². The third kappa shape index (κ3) is 5.37. The molecular formula is C30H20F3NO6. The molecule has 0 saturated carbocycles. The van der Waals surface area contributed by atoms with Crippen molar-refractivity contribution in [3.05, 3.63) is 124 Å². The molecule has 40 heavy (non-hydrogen) atoms. The molecule has 2 heterocycles. The summed E-state index contributed by atoms with van der Waals surface area (Å²) >= 11 is 0. The van der Waals surface area contributed by atoms with Crippen molar-refractivity contribution in [2.75, 3.05) is 0 Å². The monoisotopic (exact) mass is 547 g/mol. The number of Topliss-reactive ketones (excluding diaryl/α,β-unsaturated/α-hetero) is 1. The molecule has 0 saturated heterocycles. The normalized spacial score (nSPS) is 14.1. The Morgan fingerprint density at radius 3 is 2.50 bits per heavy atom. The minimum Gasteiger partial charge on any atom is -0.508 e. The zero-order valence-corrected chi connectivity index (χ0v) is 20.6. The van der Waals surface area contributed by atoms with Gasteiger partial charge < -0.3 is 19.7 Å². The summed E-state index contributed by atoms with van der Waals surface area (Å²) in [5.74, 6) is -7.69. The molecule has 1 aromatic heterocycles. The third-order valence-corrected chi connectivity index (χ3v) is 6.26. The van der Waals surface area contributed by atoms with Crippen molar-refractivity contribution in [1.82, 2.24) is 4.98 Å². The Morgan fingerprint density at radius 1 is 1.02 bits per heavy atom. The maximum absolute atomic E-state index is 13.7. The highest BCUT2D eigenvalue weighted by molar-refractivity contribution is 6.15. The highest BCUT2D eigenvalue weighted by atomic mass is 19.2. The van der Waals surface area contributed by atoms with Crippen LogP contribution in [-0.2, 0) is 11.4 Å². The quantitative estimate of drug-likeness (QED) is 0.206. The predicted molar refractivity (Wildman–Crippen MR) is 136 cm³/mol. The van der Waals surface area contributed by atoms with Gasteiger partial charge in [-0.3, -0.25) is 14.6 Å². The van der Waals surface area contributed by atoms with Crippen LogP contribution in [-0.4, -0.2) is 26.9 Å². The number of carbonyl (C=O) groups is 2. The van der Waals surface area contributed by atoms with Crippen molar-refractivity contribution in [2.45, 2.75) is 18.9 Å². The zero-order valence-electron chi connectivity index (χ0n) is 20.6. The van der Waals surface area contributed by atoms with E-state index in [0.717, 1.165) is 6.08 Å². The van der Waals surface area contributed by atoms with Crippen LogP contribution in [0, 0.1) is 17.5 Å². The number of nitrogens with zero attached hydrogens (tertiary/aromatic N) is 1. The zero-order chi connectivity index (χ0) is 28.4. The van der Waals surface area contributed by atoms with Crippen LogP contribution in [0.5, 0.6) is 17.2 Å². The Balaban J connectivity index is 1.52. The summed E-state index contributed by atoms with van der Waals surface area (Å²) in [6.45, 7) is 0.163. The fraction of sp³-hybridized carbons (Fsp3) is 0.100. The van der Waals surface area contributed by atoms with E-state index in [2.05, 4.69) is 4.98 Å². The van der Waals surface area contributed by atoms with E-state index in [1.54, 1.807) is 42.6 Å². The van der Waals surface area contributed by atoms with Crippen molar-refractivity contribution in [3.63, 3.8) is 0 Å². The summed E-state index contributed by atoms with van der Waals surface area (Å²) in [6.07, 6.45) is 2.19. The van der Waals surface area contributed by atoms with E-state index in [-0.39, 0.29) is 40.6 Å². The average molecular weight is 547 g/mol. The first-order valence-corrected chi connectivity index (χ1v) is 12.0.